The maximum Gasteiger partial charge on any atom is 0.228 e. The summed E-state index contributed by atoms with van der Waals surface area (Å²) in [4.78, 5) is 14.5. The van der Waals surface area contributed by atoms with E-state index in [-0.39, 0.29) is 18.2 Å². The van der Waals surface area contributed by atoms with Crippen molar-refractivity contribution in [2.45, 2.75) is 32.1 Å². The van der Waals surface area contributed by atoms with Gasteiger partial charge in [-0.25, -0.2) is 4.63 Å². The van der Waals surface area contributed by atoms with Crippen molar-refractivity contribution in [3.05, 3.63) is 41.6 Å². The quantitative estimate of drug-likeness (QED) is 0.722. The van der Waals surface area contributed by atoms with E-state index in [1.54, 1.807) is 6.92 Å². The van der Waals surface area contributed by atoms with Crippen molar-refractivity contribution >= 4 is 11.6 Å². The summed E-state index contributed by atoms with van der Waals surface area (Å²) in [6.45, 7) is 3.20. The lowest BCUT2D eigenvalue weighted by molar-refractivity contribution is -0.131. The molecule has 1 saturated heterocycles. The Labute approximate surface area is 138 Å². The lowest BCUT2D eigenvalue weighted by Gasteiger charge is -2.31. The van der Waals surface area contributed by atoms with E-state index in [4.69, 9.17) is 0 Å². The Bertz CT molecular complexity index is 870. The average molecular weight is 326 g/mol. The first-order valence-corrected chi connectivity index (χ1v) is 8.08. The van der Waals surface area contributed by atoms with E-state index in [1.165, 1.54) is 0 Å². The summed E-state index contributed by atoms with van der Waals surface area (Å²) in [5, 5.41) is 16.1. The van der Waals surface area contributed by atoms with Crippen LogP contribution in [0.25, 0.3) is 5.65 Å². The molecule has 4 heterocycles. The van der Waals surface area contributed by atoms with Gasteiger partial charge in [-0.15, -0.1) is 10.2 Å². The van der Waals surface area contributed by atoms with Crippen LogP contribution in [0.15, 0.2) is 29.0 Å². The van der Waals surface area contributed by atoms with Crippen molar-refractivity contribution < 1.29 is 9.42 Å². The summed E-state index contributed by atoms with van der Waals surface area (Å²) < 4.78 is 6.67. The Morgan fingerprint density at radius 1 is 1.33 bits per heavy atom. The standard InChI is InChI=1S/C16H18N6O2/c1-11-13(20-24-19-11)9-15(23)21-7-4-5-12(10-21)16-18-17-14-6-2-3-8-22(14)16/h2-3,6,8,12H,4-5,7,9-10H2,1H3/t12-/m0/s1. The normalized spacial score (nSPS) is 18.2. The smallest absolute Gasteiger partial charge is 0.228 e. The lowest BCUT2D eigenvalue weighted by Crippen LogP contribution is -2.40. The van der Waals surface area contributed by atoms with Gasteiger partial charge in [0, 0.05) is 25.2 Å². The molecule has 1 aliphatic rings. The van der Waals surface area contributed by atoms with Crippen molar-refractivity contribution in [2.24, 2.45) is 0 Å². The molecule has 0 saturated carbocycles. The molecular weight excluding hydrogens is 308 g/mol. The summed E-state index contributed by atoms with van der Waals surface area (Å²) in [5.74, 6) is 1.16. The van der Waals surface area contributed by atoms with Crippen LogP contribution in [0.5, 0.6) is 0 Å². The number of amides is 1. The molecule has 1 aliphatic heterocycles. The maximum absolute atomic E-state index is 12.6. The lowest BCUT2D eigenvalue weighted by atomic mass is 9.96. The molecule has 0 aliphatic carbocycles. The van der Waals surface area contributed by atoms with Gasteiger partial charge >= 0.3 is 0 Å². The van der Waals surface area contributed by atoms with E-state index in [0.29, 0.717) is 17.9 Å². The predicted molar refractivity (Wildman–Crippen MR) is 84.3 cm³/mol. The fourth-order valence-corrected chi connectivity index (χ4v) is 3.22. The molecule has 0 radical (unpaired) electrons. The second-order valence-electron chi connectivity index (χ2n) is 6.14. The zero-order valence-corrected chi connectivity index (χ0v) is 13.4. The first-order chi connectivity index (χ1) is 11.7. The van der Waals surface area contributed by atoms with Gasteiger partial charge in [0.15, 0.2) is 5.65 Å². The van der Waals surface area contributed by atoms with Crippen molar-refractivity contribution in [3.63, 3.8) is 0 Å². The van der Waals surface area contributed by atoms with Gasteiger partial charge in [-0.2, -0.15) is 0 Å². The number of nitrogens with zero attached hydrogens (tertiary/aromatic N) is 6. The maximum atomic E-state index is 12.6. The van der Waals surface area contributed by atoms with E-state index >= 15 is 0 Å². The monoisotopic (exact) mass is 326 g/mol. The van der Waals surface area contributed by atoms with Crippen molar-refractivity contribution in [1.82, 2.24) is 29.8 Å². The summed E-state index contributed by atoms with van der Waals surface area (Å²) >= 11 is 0. The molecule has 0 spiro atoms. The van der Waals surface area contributed by atoms with Gasteiger partial charge in [0.2, 0.25) is 5.91 Å². The van der Waals surface area contributed by atoms with Crippen LogP contribution >= 0.6 is 0 Å². The van der Waals surface area contributed by atoms with E-state index in [9.17, 15) is 4.79 Å². The predicted octanol–water partition coefficient (Wildman–Crippen LogP) is 1.37. The minimum absolute atomic E-state index is 0.0484. The van der Waals surface area contributed by atoms with Crippen LogP contribution in [0.2, 0.25) is 0 Å². The number of pyridine rings is 1. The number of carbonyl (C=O) groups is 1. The zero-order valence-electron chi connectivity index (χ0n) is 13.4. The Morgan fingerprint density at radius 3 is 3.08 bits per heavy atom. The van der Waals surface area contributed by atoms with E-state index in [0.717, 1.165) is 30.9 Å². The first-order valence-electron chi connectivity index (χ1n) is 8.08. The largest absolute Gasteiger partial charge is 0.342 e. The number of rotatable bonds is 3. The van der Waals surface area contributed by atoms with Crippen LogP contribution < -0.4 is 0 Å². The van der Waals surface area contributed by atoms with E-state index in [2.05, 4.69) is 25.1 Å². The van der Waals surface area contributed by atoms with E-state index < -0.39 is 0 Å². The zero-order chi connectivity index (χ0) is 16.5. The number of aromatic nitrogens is 5. The number of hydrogen-bond acceptors (Lipinski definition) is 6. The highest BCUT2D eigenvalue weighted by Crippen LogP contribution is 2.26. The molecule has 0 aromatic carbocycles. The third-order valence-electron chi connectivity index (χ3n) is 4.54. The highest BCUT2D eigenvalue weighted by Gasteiger charge is 2.28. The minimum atomic E-state index is 0.0484. The second kappa shape index (κ2) is 6.03. The Balaban J connectivity index is 1.51. The molecule has 124 valence electrons. The number of aryl methyl sites for hydroxylation is 1. The van der Waals surface area contributed by atoms with Crippen LogP contribution in [0, 0.1) is 6.92 Å². The molecule has 1 atom stereocenters. The fourth-order valence-electron chi connectivity index (χ4n) is 3.22. The van der Waals surface area contributed by atoms with Crippen LogP contribution in [0.3, 0.4) is 0 Å². The summed E-state index contributed by atoms with van der Waals surface area (Å²) in [5.41, 5.74) is 2.11. The molecule has 0 bridgehead atoms. The number of likely N-dealkylation sites (tertiary alicyclic amines) is 1. The van der Waals surface area contributed by atoms with Gasteiger partial charge in [0.25, 0.3) is 0 Å². The SMILES string of the molecule is Cc1nonc1CC(=O)N1CCC[C@H](c2nnc3ccccn23)C1. The highest BCUT2D eigenvalue weighted by molar-refractivity contribution is 5.78. The Morgan fingerprint density at radius 2 is 2.25 bits per heavy atom. The molecule has 1 amide bonds. The van der Waals surface area contributed by atoms with Gasteiger partial charge in [0.1, 0.15) is 17.2 Å². The topological polar surface area (TPSA) is 89.4 Å². The number of fused-ring (bicyclic) bond motifs is 1. The molecule has 4 rings (SSSR count). The third-order valence-corrected chi connectivity index (χ3v) is 4.54. The minimum Gasteiger partial charge on any atom is -0.342 e. The van der Waals surface area contributed by atoms with Crippen molar-refractivity contribution in [3.8, 4) is 0 Å². The first kappa shape index (κ1) is 14.8. The molecule has 0 N–H and O–H groups in total. The summed E-state index contributed by atoms with van der Waals surface area (Å²) in [6.07, 6.45) is 4.15. The number of carbonyl (C=O) groups excluding carboxylic acids is 1. The Hall–Kier alpha value is -2.77. The molecule has 8 heteroatoms. The van der Waals surface area contributed by atoms with Crippen LogP contribution in [-0.2, 0) is 11.2 Å². The number of piperidine rings is 1. The van der Waals surface area contributed by atoms with Crippen LogP contribution in [-0.4, -0.2) is 48.8 Å². The average Bonchev–Trinajstić information content (AvgIpc) is 3.21. The van der Waals surface area contributed by atoms with E-state index in [1.807, 2.05) is 33.7 Å². The molecule has 1 fully saturated rings. The summed E-state index contributed by atoms with van der Waals surface area (Å²) in [6, 6.07) is 5.84. The number of hydrogen-bond donors (Lipinski definition) is 0. The molecule has 3 aromatic heterocycles. The highest BCUT2D eigenvalue weighted by atomic mass is 16.6. The molecule has 8 nitrogen and oxygen atoms in total. The van der Waals surface area contributed by atoms with Gasteiger partial charge in [-0.1, -0.05) is 16.4 Å². The Kier molecular flexibility index (Phi) is 3.72. The van der Waals surface area contributed by atoms with Gasteiger partial charge in [-0.05, 0) is 31.9 Å². The summed E-state index contributed by atoms with van der Waals surface area (Å²) in [7, 11) is 0. The second-order valence-corrected chi connectivity index (χ2v) is 6.14. The van der Waals surface area contributed by atoms with Crippen LogP contribution in [0.1, 0.15) is 36.0 Å². The molecular formula is C16H18N6O2. The molecule has 24 heavy (non-hydrogen) atoms. The van der Waals surface area contributed by atoms with Gasteiger partial charge in [0.05, 0.1) is 6.42 Å². The van der Waals surface area contributed by atoms with Crippen molar-refractivity contribution in [2.75, 3.05) is 13.1 Å². The fraction of sp³-hybridized carbons (Fsp3) is 0.438. The third kappa shape index (κ3) is 2.64. The molecule has 0 unspecified atom stereocenters. The van der Waals surface area contributed by atoms with Gasteiger partial charge < -0.3 is 4.90 Å². The van der Waals surface area contributed by atoms with Crippen molar-refractivity contribution in [1.29, 1.82) is 0 Å². The van der Waals surface area contributed by atoms with Crippen LogP contribution in [0.4, 0.5) is 0 Å². The van der Waals surface area contributed by atoms with Gasteiger partial charge in [-0.3, -0.25) is 9.20 Å². The molecule has 3 aromatic rings.